The van der Waals surface area contributed by atoms with Crippen LogP contribution in [-0.2, 0) is 9.53 Å². The van der Waals surface area contributed by atoms with Crippen LogP contribution in [0.1, 0.15) is 31.7 Å². The third-order valence-electron chi connectivity index (χ3n) is 3.15. The van der Waals surface area contributed by atoms with Gasteiger partial charge in [0.2, 0.25) is 0 Å². The maximum atomic E-state index is 11.0. The molecule has 0 radical (unpaired) electrons. The lowest BCUT2D eigenvalue weighted by molar-refractivity contribution is -0.140. The number of esters is 1. The highest BCUT2D eigenvalue weighted by atomic mass is 16.6. The number of hydrogen-bond donors (Lipinski definition) is 1. The molecule has 0 spiro atoms. The summed E-state index contributed by atoms with van der Waals surface area (Å²) in [5.74, 6) is 0.621. The number of carbonyl (C=O) groups is 1. The maximum absolute atomic E-state index is 11.0. The van der Waals surface area contributed by atoms with Gasteiger partial charge < -0.3 is 14.6 Å². The fraction of sp³-hybridized carbons (Fsp3) is 0.438. The molecule has 0 aliphatic rings. The Morgan fingerprint density at radius 2 is 2.05 bits per heavy atom. The standard InChI is InChI=1S/C16H22O4/c1-4-12(3)13-6-8-14(9-7-13)20-15(10-17)11-19-16(18)5-2/h5-9,12,15,17H,2,4,10-11H2,1,3H3. The topological polar surface area (TPSA) is 55.8 Å². The Balaban J connectivity index is 2.56. The van der Waals surface area contributed by atoms with Crippen molar-refractivity contribution in [2.45, 2.75) is 32.3 Å². The Bertz CT molecular complexity index is 425. The zero-order valence-corrected chi connectivity index (χ0v) is 12.0. The van der Waals surface area contributed by atoms with E-state index in [0.29, 0.717) is 11.7 Å². The minimum absolute atomic E-state index is 0.00549. The molecule has 0 aromatic heterocycles. The molecule has 0 fully saturated rings. The summed E-state index contributed by atoms with van der Waals surface area (Å²) in [6.45, 7) is 7.39. The van der Waals surface area contributed by atoms with Gasteiger partial charge in [-0.2, -0.15) is 0 Å². The second-order valence-electron chi connectivity index (χ2n) is 4.63. The average molecular weight is 278 g/mol. The van der Waals surface area contributed by atoms with Gasteiger partial charge in [0.1, 0.15) is 12.4 Å². The predicted molar refractivity (Wildman–Crippen MR) is 77.8 cm³/mol. The van der Waals surface area contributed by atoms with Crippen LogP contribution in [0.15, 0.2) is 36.9 Å². The predicted octanol–water partition coefficient (Wildman–Crippen LogP) is 2.67. The molecule has 1 aromatic rings. The lowest BCUT2D eigenvalue weighted by Crippen LogP contribution is -2.28. The van der Waals surface area contributed by atoms with E-state index in [4.69, 9.17) is 9.47 Å². The zero-order valence-electron chi connectivity index (χ0n) is 12.0. The van der Waals surface area contributed by atoms with Crippen molar-refractivity contribution in [3.8, 4) is 5.75 Å². The molecule has 4 heteroatoms. The monoisotopic (exact) mass is 278 g/mol. The Hall–Kier alpha value is -1.81. The summed E-state index contributed by atoms with van der Waals surface area (Å²) >= 11 is 0. The van der Waals surface area contributed by atoms with Gasteiger partial charge in [0.15, 0.2) is 6.10 Å². The molecule has 110 valence electrons. The second kappa shape index (κ2) is 8.38. The summed E-state index contributed by atoms with van der Waals surface area (Å²) in [6.07, 6.45) is 1.58. The van der Waals surface area contributed by atoms with Gasteiger partial charge in [-0.1, -0.05) is 32.6 Å². The highest BCUT2D eigenvalue weighted by Gasteiger charge is 2.12. The molecule has 0 saturated carbocycles. The molecule has 0 bridgehead atoms. The summed E-state index contributed by atoms with van der Waals surface area (Å²) in [6, 6.07) is 7.74. The van der Waals surface area contributed by atoms with Crippen LogP contribution < -0.4 is 4.74 Å². The lowest BCUT2D eigenvalue weighted by atomic mass is 9.99. The van der Waals surface area contributed by atoms with Gasteiger partial charge in [0.25, 0.3) is 0 Å². The first-order valence-corrected chi connectivity index (χ1v) is 6.77. The number of ether oxygens (including phenoxy) is 2. The molecule has 2 unspecified atom stereocenters. The van der Waals surface area contributed by atoms with Crippen molar-refractivity contribution in [3.05, 3.63) is 42.5 Å². The highest BCUT2D eigenvalue weighted by Crippen LogP contribution is 2.22. The van der Waals surface area contributed by atoms with E-state index in [9.17, 15) is 9.90 Å². The fourth-order valence-electron chi connectivity index (χ4n) is 1.66. The molecule has 1 aromatic carbocycles. The van der Waals surface area contributed by atoms with Gasteiger partial charge in [0.05, 0.1) is 6.61 Å². The number of aliphatic hydroxyl groups is 1. The van der Waals surface area contributed by atoms with E-state index in [-0.39, 0.29) is 13.2 Å². The van der Waals surface area contributed by atoms with E-state index in [1.807, 2.05) is 24.3 Å². The molecule has 2 atom stereocenters. The maximum Gasteiger partial charge on any atom is 0.330 e. The van der Waals surface area contributed by atoms with E-state index >= 15 is 0 Å². The van der Waals surface area contributed by atoms with Crippen LogP contribution in [0.25, 0.3) is 0 Å². The molecular formula is C16H22O4. The number of aliphatic hydroxyl groups excluding tert-OH is 1. The first-order chi connectivity index (χ1) is 9.60. The van der Waals surface area contributed by atoms with Crippen LogP contribution in [0.4, 0.5) is 0 Å². The normalized spacial score (nSPS) is 13.3. The molecule has 0 aliphatic heterocycles. The lowest BCUT2D eigenvalue weighted by Gasteiger charge is -2.17. The van der Waals surface area contributed by atoms with Crippen LogP contribution in [0.5, 0.6) is 5.75 Å². The van der Waals surface area contributed by atoms with Gasteiger partial charge in [-0.05, 0) is 30.0 Å². The molecule has 0 saturated heterocycles. The summed E-state index contributed by atoms with van der Waals surface area (Å²) in [5, 5.41) is 9.21. The van der Waals surface area contributed by atoms with Crippen LogP contribution in [-0.4, -0.2) is 30.4 Å². The summed E-state index contributed by atoms with van der Waals surface area (Å²) < 4.78 is 10.4. The summed E-state index contributed by atoms with van der Waals surface area (Å²) in [4.78, 5) is 11.0. The van der Waals surface area contributed by atoms with Crippen molar-refractivity contribution in [2.75, 3.05) is 13.2 Å². The minimum Gasteiger partial charge on any atom is -0.484 e. The number of hydrogen-bond acceptors (Lipinski definition) is 4. The van der Waals surface area contributed by atoms with Crippen LogP contribution in [0.3, 0.4) is 0 Å². The van der Waals surface area contributed by atoms with E-state index in [1.165, 1.54) is 5.56 Å². The van der Waals surface area contributed by atoms with E-state index < -0.39 is 12.1 Å². The number of rotatable bonds is 8. The highest BCUT2D eigenvalue weighted by molar-refractivity contribution is 5.81. The first kappa shape index (κ1) is 16.2. The largest absolute Gasteiger partial charge is 0.484 e. The SMILES string of the molecule is C=CC(=O)OCC(CO)Oc1ccc(C(C)CC)cc1. The van der Waals surface area contributed by atoms with Crippen LogP contribution in [0.2, 0.25) is 0 Å². The molecule has 4 nitrogen and oxygen atoms in total. The number of carbonyl (C=O) groups excluding carboxylic acids is 1. The molecule has 20 heavy (non-hydrogen) atoms. The van der Waals surface area contributed by atoms with Crippen molar-refractivity contribution in [3.63, 3.8) is 0 Å². The van der Waals surface area contributed by atoms with Gasteiger partial charge >= 0.3 is 5.97 Å². The Morgan fingerprint density at radius 3 is 2.55 bits per heavy atom. The Labute approximate surface area is 120 Å². The van der Waals surface area contributed by atoms with Crippen molar-refractivity contribution in [1.29, 1.82) is 0 Å². The molecular weight excluding hydrogens is 256 g/mol. The van der Waals surface area contributed by atoms with Gasteiger partial charge in [-0.15, -0.1) is 0 Å². The summed E-state index contributed by atoms with van der Waals surface area (Å²) in [5.41, 5.74) is 1.25. The third-order valence-corrected chi connectivity index (χ3v) is 3.15. The molecule has 1 N–H and O–H groups in total. The second-order valence-corrected chi connectivity index (χ2v) is 4.63. The van der Waals surface area contributed by atoms with Crippen LogP contribution >= 0.6 is 0 Å². The molecule has 1 rings (SSSR count). The third kappa shape index (κ3) is 5.05. The first-order valence-electron chi connectivity index (χ1n) is 6.77. The smallest absolute Gasteiger partial charge is 0.330 e. The minimum atomic E-state index is -0.576. The fourth-order valence-corrected chi connectivity index (χ4v) is 1.66. The van der Waals surface area contributed by atoms with Crippen molar-refractivity contribution in [1.82, 2.24) is 0 Å². The quantitative estimate of drug-likeness (QED) is 0.587. The van der Waals surface area contributed by atoms with Crippen LogP contribution in [0, 0.1) is 0 Å². The zero-order chi connectivity index (χ0) is 15.0. The Morgan fingerprint density at radius 1 is 1.40 bits per heavy atom. The van der Waals surface area contributed by atoms with Gasteiger partial charge in [-0.25, -0.2) is 4.79 Å². The Kier molecular flexibility index (Phi) is 6.81. The van der Waals surface area contributed by atoms with Gasteiger partial charge in [-0.3, -0.25) is 0 Å². The van der Waals surface area contributed by atoms with E-state index in [0.717, 1.165) is 12.5 Å². The molecule has 0 amide bonds. The van der Waals surface area contributed by atoms with E-state index in [1.54, 1.807) is 0 Å². The molecule has 0 heterocycles. The van der Waals surface area contributed by atoms with E-state index in [2.05, 4.69) is 20.4 Å². The number of benzene rings is 1. The van der Waals surface area contributed by atoms with Crippen molar-refractivity contribution < 1.29 is 19.4 Å². The van der Waals surface area contributed by atoms with Gasteiger partial charge in [0, 0.05) is 6.08 Å². The molecule has 0 aliphatic carbocycles. The average Bonchev–Trinajstić information content (AvgIpc) is 2.50. The van der Waals surface area contributed by atoms with Crippen molar-refractivity contribution in [2.24, 2.45) is 0 Å². The van der Waals surface area contributed by atoms with Crippen molar-refractivity contribution >= 4 is 5.97 Å². The summed E-state index contributed by atoms with van der Waals surface area (Å²) in [7, 11) is 0.